The molecule has 19 heavy (non-hydrogen) atoms. The third-order valence-electron chi connectivity index (χ3n) is 3.37. The zero-order chi connectivity index (χ0) is 13.7. The monoisotopic (exact) mass is 266 g/mol. The molecular formula is C15H19FO3. The Kier molecular flexibility index (Phi) is 4.91. The quantitative estimate of drug-likeness (QED) is 0.768. The molecule has 0 spiro atoms. The van der Waals surface area contributed by atoms with E-state index < -0.39 is 0 Å². The summed E-state index contributed by atoms with van der Waals surface area (Å²) in [7, 11) is 0. The van der Waals surface area contributed by atoms with Gasteiger partial charge in [-0.15, -0.1) is 0 Å². The standard InChI is InChI=1S/C15H19FO3/c1-11(12-4-6-13(16)7-5-12)9-15(17)19-10-14-3-2-8-18-14/h4-7,11,14H,2-3,8-10H2,1H3. The van der Waals surface area contributed by atoms with Crippen LogP contribution >= 0.6 is 0 Å². The SMILES string of the molecule is CC(CC(=O)OCC1CCCO1)c1ccc(F)cc1. The van der Waals surface area contributed by atoms with E-state index in [2.05, 4.69) is 0 Å². The van der Waals surface area contributed by atoms with E-state index in [1.54, 1.807) is 12.1 Å². The van der Waals surface area contributed by atoms with Crippen LogP contribution in [-0.4, -0.2) is 25.3 Å². The largest absolute Gasteiger partial charge is 0.463 e. The van der Waals surface area contributed by atoms with Crippen LogP contribution in [0, 0.1) is 5.82 Å². The van der Waals surface area contributed by atoms with Crippen molar-refractivity contribution in [3.05, 3.63) is 35.6 Å². The van der Waals surface area contributed by atoms with E-state index in [-0.39, 0.29) is 23.8 Å². The van der Waals surface area contributed by atoms with Crippen molar-refractivity contribution in [1.29, 1.82) is 0 Å². The number of rotatable bonds is 5. The van der Waals surface area contributed by atoms with Crippen LogP contribution in [0.1, 0.15) is 37.7 Å². The van der Waals surface area contributed by atoms with E-state index in [0.29, 0.717) is 13.0 Å². The van der Waals surface area contributed by atoms with Gasteiger partial charge in [-0.3, -0.25) is 4.79 Å². The molecule has 0 amide bonds. The maximum absolute atomic E-state index is 12.8. The fourth-order valence-corrected chi connectivity index (χ4v) is 2.18. The van der Waals surface area contributed by atoms with E-state index >= 15 is 0 Å². The third-order valence-corrected chi connectivity index (χ3v) is 3.37. The second-order valence-corrected chi connectivity index (χ2v) is 4.97. The number of halogens is 1. The molecule has 0 aliphatic carbocycles. The Morgan fingerprint density at radius 2 is 2.21 bits per heavy atom. The van der Waals surface area contributed by atoms with Gasteiger partial charge >= 0.3 is 5.97 Å². The van der Waals surface area contributed by atoms with Gasteiger partial charge in [0.1, 0.15) is 12.4 Å². The Morgan fingerprint density at radius 1 is 1.47 bits per heavy atom. The number of benzene rings is 1. The Balaban J connectivity index is 1.76. The maximum atomic E-state index is 12.8. The summed E-state index contributed by atoms with van der Waals surface area (Å²) >= 11 is 0. The number of hydrogen-bond donors (Lipinski definition) is 0. The van der Waals surface area contributed by atoms with Gasteiger partial charge in [-0.25, -0.2) is 4.39 Å². The molecule has 1 aromatic carbocycles. The molecule has 4 heteroatoms. The van der Waals surface area contributed by atoms with Crippen LogP contribution in [0.2, 0.25) is 0 Å². The molecule has 0 N–H and O–H groups in total. The average Bonchev–Trinajstić information content (AvgIpc) is 2.90. The first-order valence-corrected chi connectivity index (χ1v) is 6.68. The Morgan fingerprint density at radius 3 is 2.84 bits per heavy atom. The predicted octanol–water partition coefficient (Wildman–Crippen LogP) is 3.04. The summed E-state index contributed by atoms with van der Waals surface area (Å²) in [5.41, 5.74) is 0.940. The smallest absolute Gasteiger partial charge is 0.306 e. The summed E-state index contributed by atoms with van der Waals surface area (Å²) in [4.78, 5) is 11.7. The highest BCUT2D eigenvalue weighted by Crippen LogP contribution is 2.20. The molecule has 104 valence electrons. The normalized spacial score (nSPS) is 20.2. The van der Waals surface area contributed by atoms with Gasteiger partial charge in [0.2, 0.25) is 0 Å². The van der Waals surface area contributed by atoms with E-state index in [4.69, 9.17) is 9.47 Å². The summed E-state index contributed by atoms with van der Waals surface area (Å²) in [6, 6.07) is 6.22. The fraction of sp³-hybridized carbons (Fsp3) is 0.533. The lowest BCUT2D eigenvalue weighted by molar-refractivity contribution is -0.147. The molecule has 1 heterocycles. The highest BCUT2D eigenvalue weighted by molar-refractivity contribution is 5.70. The molecule has 2 atom stereocenters. The van der Waals surface area contributed by atoms with Gasteiger partial charge in [0.05, 0.1) is 12.5 Å². The van der Waals surface area contributed by atoms with Gasteiger partial charge < -0.3 is 9.47 Å². The molecular weight excluding hydrogens is 247 g/mol. The van der Waals surface area contributed by atoms with Crippen LogP contribution in [0.4, 0.5) is 4.39 Å². The minimum absolute atomic E-state index is 0.0256. The summed E-state index contributed by atoms with van der Waals surface area (Å²) < 4.78 is 23.4. The minimum atomic E-state index is -0.267. The van der Waals surface area contributed by atoms with Crippen molar-refractivity contribution in [2.45, 2.75) is 38.2 Å². The van der Waals surface area contributed by atoms with Crippen LogP contribution in [-0.2, 0) is 14.3 Å². The summed E-state index contributed by atoms with van der Waals surface area (Å²) in [6.07, 6.45) is 2.36. The van der Waals surface area contributed by atoms with E-state index in [0.717, 1.165) is 25.0 Å². The van der Waals surface area contributed by atoms with Crippen LogP contribution in [0.25, 0.3) is 0 Å². The van der Waals surface area contributed by atoms with Crippen LogP contribution in [0.5, 0.6) is 0 Å². The van der Waals surface area contributed by atoms with Crippen molar-refractivity contribution >= 4 is 5.97 Å². The van der Waals surface area contributed by atoms with Gasteiger partial charge in [-0.2, -0.15) is 0 Å². The number of hydrogen-bond acceptors (Lipinski definition) is 3. The van der Waals surface area contributed by atoms with Gasteiger partial charge in [0, 0.05) is 6.61 Å². The van der Waals surface area contributed by atoms with E-state index in [1.807, 2.05) is 6.92 Å². The van der Waals surface area contributed by atoms with Gasteiger partial charge in [0.15, 0.2) is 0 Å². The predicted molar refractivity (Wildman–Crippen MR) is 69.4 cm³/mol. The number of carbonyl (C=O) groups excluding carboxylic acids is 1. The molecule has 1 aliphatic heterocycles. The number of esters is 1. The molecule has 0 saturated carbocycles. The van der Waals surface area contributed by atoms with E-state index in [9.17, 15) is 9.18 Å². The van der Waals surface area contributed by atoms with Gasteiger partial charge in [-0.1, -0.05) is 19.1 Å². The highest BCUT2D eigenvalue weighted by Gasteiger charge is 2.18. The number of carbonyl (C=O) groups is 1. The zero-order valence-electron chi connectivity index (χ0n) is 11.1. The van der Waals surface area contributed by atoms with E-state index in [1.165, 1.54) is 12.1 Å². The fourth-order valence-electron chi connectivity index (χ4n) is 2.18. The van der Waals surface area contributed by atoms with Crippen LogP contribution in [0.3, 0.4) is 0 Å². The molecule has 1 saturated heterocycles. The Labute approximate surface area is 112 Å². The summed E-state index contributed by atoms with van der Waals surface area (Å²) in [5, 5.41) is 0. The molecule has 0 radical (unpaired) electrons. The lowest BCUT2D eigenvalue weighted by Gasteiger charge is -2.13. The van der Waals surface area contributed by atoms with Crippen molar-refractivity contribution in [1.82, 2.24) is 0 Å². The third kappa shape index (κ3) is 4.31. The molecule has 1 fully saturated rings. The molecule has 3 nitrogen and oxygen atoms in total. The molecule has 1 aliphatic rings. The second kappa shape index (κ2) is 6.66. The topological polar surface area (TPSA) is 35.5 Å². The molecule has 2 unspecified atom stereocenters. The van der Waals surface area contributed by atoms with Crippen molar-refractivity contribution < 1.29 is 18.7 Å². The highest BCUT2D eigenvalue weighted by atomic mass is 19.1. The van der Waals surface area contributed by atoms with Crippen molar-refractivity contribution in [2.24, 2.45) is 0 Å². The maximum Gasteiger partial charge on any atom is 0.306 e. The average molecular weight is 266 g/mol. The lowest BCUT2D eigenvalue weighted by Crippen LogP contribution is -2.18. The van der Waals surface area contributed by atoms with Crippen LogP contribution in [0.15, 0.2) is 24.3 Å². The first-order chi connectivity index (χ1) is 9.15. The van der Waals surface area contributed by atoms with Gasteiger partial charge in [-0.05, 0) is 36.5 Å². The van der Waals surface area contributed by atoms with Crippen LogP contribution < -0.4 is 0 Å². The Hall–Kier alpha value is -1.42. The molecule has 0 aromatic heterocycles. The molecule has 2 rings (SSSR count). The Bertz CT molecular complexity index is 410. The lowest BCUT2D eigenvalue weighted by atomic mass is 9.98. The first kappa shape index (κ1) is 14.0. The molecule has 1 aromatic rings. The zero-order valence-corrected chi connectivity index (χ0v) is 11.1. The van der Waals surface area contributed by atoms with Crippen molar-refractivity contribution in [3.63, 3.8) is 0 Å². The minimum Gasteiger partial charge on any atom is -0.463 e. The van der Waals surface area contributed by atoms with Crippen molar-refractivity contribution in [3.8, 4) is 0 Å². The van der Waals surface area contributed by atoms with Gasteiger partial charge in [0.25, 0.3) is 0 Å². The summed E-state index contributed by atoms with van der Waals surface area (Å²) in [5.74, 6) is -0.471. The summed E-state index contributed by atoms with van der Waals surface area (Å²) in [6.45, 7) is 3.03. The van der Waals surface area contributed by atoms with Crippen molar-refractivity contribution in [2.75, 3.05) is 13.2 Å². The number of ether oxygens (including phenoxy) is 2. The first-order valence-electron chi connectivity index (χ1n) is 6.68. The molecule has 0 bridgehead atoms. The second-order valence-electron chi connectivity index (χ2n) is 4.97.